The Morgan fingerprint density at radius 1 is 0.374 bits per heavy atom. The van der Waals surface area contributed by atoms with Crippen molar-refractivity contribution in [3.63, 3.8) is 0 Å². The summed E-state index contributed by atoms with van der Waals surface area (Å²) in [6.07, 6.45) is 8.62. The van der Waals surface area contributed by atoms with Crippen molar-refractivity contribution in [2.75, 3.05) is 4.90 Å². The Morgan fingerprint density at radius 2 is 0.778 bits per heavy atom. The molecule has 3 aromatic heterocycles. The number of amides is 2. The molecule has 0 fully saturated rings. The van der Waals surface area contributed by atoms with Gasteiger partial charge in [0.05, 0.1) is 28.5 Å². The van der Waals surface area contributed by atoms with E-state index in [1.54, 1.807) is 0 Å². The summed E-state index contributed by atoms with van der Waals surface area (Å²) >= 11 is 0. The molecule has 6 heterocycles. The van der Waals surface area contributed by atoms with E-state index in [4.69, 9.17) is 19.9 Å². The number of hydrogen-bond acceptors (Lipinski definition) is 4. The van der Waals surface area contributed by atoms with Gasteiger partial charge in [0.25, 0.3) is 11.8 Å². The summed E-state index contributed by atoms with van der Waals surface area (Å²) in [5, 5.41) is 7.83. The van der Waals surface area contributed by atoms with E-state index in [-0.39, 0.29) is 42.1 Å². The SMILES string of the molecule is Cc1cc(C)c(-c2c3nc(c(-c4c(C)cc(C)cc4C)c4ccc([n-]4)c(-c4c(C)cc(C)cc4C)c4nc(c(-c5ccc(C#Cc6ccc7c8ccc9c%10c(ccc(c%11cccc6c%117)c%108)C(=O)N(c6cc(C(C)(C)C)ccc6C(C)(C)C)C9=O)cc5)c5ccc2[n-]5)C=C4)C=C3)c(C)c1.[Zn+2]. The van der Waals surface area contributed by atoms with Crippen LogP contribution in [-0.4, -0.2) is 21.8 Å². The number of aryl methyl sites for hydroxylation is 9. The number of fused-ring (bicyclic) bond motifs is 10. The maximum Gasteiger partial charge on any atom is 2.00 e. The van der Waals surface area contributed by atoms with Crippen molar-refractivity contribution in [1.29, 1.82) is 0 Å². The summed E-state index contributed by atoms with van der Waals surface area (Å²) in [4.78, 5) is 54.2. The summed E-state index contributed by atoms with van der Waals surface area (Å²) in [6, 6.07) is 55.6. The van der Waals surface area contributed by atoms with E-state index in [2.05, 4.69) is 280 Å². The Balaban J connectivity index is 0.00000798. The molecule has 0 spiro atoms. The van der Waals surface area contributed by atoms with Crippen LogP contribution in [0.1, 0.15) is 157 Å². The Labute approximate surface area is 591 Å². The first-order chi connectivity index (χ1) is 46.9. The number of rotatable bonds is 5. The molecule has 3 aliphatic heterocycles. The van der Waals surface area contributed by atoms with E-state index in [0.717, 1.165) is 172 Å². The van der Waals surface area contributed by atoms with E-state index < -0.39 is 0 Å². The molecule has 0 radical (unpaired) electrons. The van der Waals surface area contributed by atoms with Gasteiger partial charge in [0, 0.05) is 27.6 Å². The van der Waals surface area contributed by atoms with Crippen molar-refractivity contribution in [2.45, 2.75) is 115 Å². The zero-order valence-electron chi connectivity index (χ0n) is 59.1. The van der Waals surface area contributed by atoms with Crippen molar-refractivity contribution >= 4 is 107 Å². The summed E-state index contributed by atoms with van der Waals surface area (Å²) in [7, 11) is 0. The molecular formula is C91H75N5O2Zn. The van der Waals surface area contributed by atoms with Crippen molar-refractivity contribution in [2.24, 2.45) is 0 Å². The average Bonchev–Trinajstić information content (AvgIpc) is 1.32. The van der Waals surface area contributed by atoms with Gasteiger partial charge in [-0.15, -0.1) is 22.1 Å². The largest absolute Gasteiger partial charge is 2.00 e. The Kier molecular flexibility index (Phi) is 15.3. The molecule has 0 atom stereocenters. The van der Waals surface area contributed by atoms with Gasteiger partial charge in [0.15, 0.2) is 0 Å². The van der Waals surface area contributed by atoms with E-state index >= 15 is 9.59 Å². The first-order valence-electron chi connectivity index (χ1n) is 34.0. The standard InChI is InChI=1S/C91H76N5O2.Zn/c1-48-41-51(4)78(52(5)42-48)85-71-35-33-69(92-71)81(70-34-36-72(93-70)86(79-53(6)43-49(2)44-54(79)7)74-38-40-76(95-74)87(75-39-37-73(85)94-75)80-55(8)45-50(3)46-56(80)9)59-23-20-57(21-24-59)19-22-58-25-27-63-65-29-31-67-84-66(30-28-64(83(65)84)62-18-16-17-61(58)82(62)63)88(97)96(89(67)98)77-47-60(90(10,11)12)26-32-68(77)91(13,14)15;/h16-18,20-21,23-47H,1-15H3,(H-,92,93,94,95,97,98);/q-1;+2/p-1. The van der Waals surface area contributed by atoms with Crippen LogP contribution in [0.3, 0.4) is 0 Å². The van der Waals surface area contributed by atoms with Gasteiger partial charge in [-0.2, -0.15) is 0 Å². The topological polar surface area (TPSA) is 91.4 Å². The number of benzene rings is 10. The molecule has 7 nitrogen and oxygen atoms in total. The fraction of sp³-hybridized carbons (Fsp3) is 0.187. The fourth-order valence-electron chi connectivity index (χ4n) is 16.4. The second kappa shape index (κ2) is 23.6. The Hall–Kier alpha value is -10.6. The van der Waals surface area contributed by atoms with Crippen LogP contribution < -0.4 is 14.9 Å². The van der Waals surface area contributed by atoms with Gasteiger partial charge in [0.2, 0.25) is 0 Å². The van der Waals surface area contributed by atoms with Crippen LogP contribution >= 0.6 is 0 Å². The molecule has 0 saturated heterocycles. The van der Waals surface area contributed by atoms with Crippen LogP contribution in [-0.2, 0) is 30.3 Å². The summed E-state index contributed by atoms with van der Waals surface area (Å²) in [5.74, 6) is 6.57. The normalized spacial score (nSPS) is 13.0. The minimum atomic E-state index is -0.326. The molecule has 99 heavy (non-hydrogen) atoms. The van der Waals surface area contributed by atoms with Gasteiger partial charge >= 0.3 is 19.5 Å². The van der Waals surface area contributed by atoms with Gasteiger partial charge in [0.1, 0.15) is 0 Å². The van der Waals surface area contributed by atoms with Crippen molar-refractivity contribution < 1.29 is 29.1 Å². The number of nitrogens with zero attached hydrogens (tertiary/aromatic N) is 5. The smallest absolute Gasteiger partial charge is 0.657 e. The second-order valence-electron chi connectivity index (χ2n) is 29.6. The molecule has 2 amide bonds. The van der Waals surface area contributed by atoms with Crippen LogP contribution in [0.4, 0.5) is 5.69 Å². The molecular weight excluding hydrogens is 1260 g/mol. The molecule has 13 aromatic rings. The van der Waals surface area contributed by atoms with Gasteiger partial charge in [-0.05, 0) is 261 Å². The maximum atomic E-state index is 15.0. The molecule has 10 aromatic carbocycles. The van der Waals surface area contributed by atoms with E-state index in [1.807, 2.05) is 18.2 Å². The summed E-state index contributed by atoms with van der Waals surface area (Å²) in [6.45, 7) is 32.5. The zero-order valence-corrected chi connectivity index (χ0v) is 62.0. The number of carbonyl (C=O) groups excluding carboxylic acids is 2. The van der Waals surface area contributed by atoms with Gasteiger partial charge in [-0.1, -0.05) is 191 Å². The third-order valence-corrected chi connectivity index (χ3v) is 20.5. The first kappa shape index (κ1) is 64.4. The zero-order chi connectivity index (χ0) is 68.3. The quantitative estimate of drug-likeness (QED) is 0.0561. The first-order valence-corrected chi connectivity index (χ1v) is 34.0. The Morgan fingerprint density at radius 3 is 1.22 bits per heavy atom. The predicted octanol–water partition coefficient (Wildman–Crippen LogP) is 22.2. The van der Waals surface area contributed by atoms with Crippen molar-refractivity contribution in [1.82, 2.24) is 19.9 Å². The van der Waals surface area contributed by atoms with Crippen LogP contribution in [0.25, 0.3) is 134 Å². The monoisotopic (exact) mass is 1330 g/mol. The Bertz CT molecular complexity index is 5850. The molecule has 478 valence electrons. The molecule has 0 saturated carbocycles. The molecule has 8 bridgehead atoms. The number of imide groups is 1. The van der Waals surface area contributed by atoms with Gasteiger partial charge in [-0.25, -0.2) is 14.9 Å². The van der Waals surface area contributed by atoms with E-state index in [9.17, 15) is 0 Å². The summed E-state index contributed by atoms with van der Waals surface area (Å²) in [5.41, 5.74) is 30.2. The fourth-order valence-corrected chi connectivity index (χ4v) is 16.4. The molecule has 0 N–H and O–H groups in total. The molecule has 3 aliphatic rings. The number of aromatic nitrogens is 4. The van der Waals surface area contributed by atoms with Crippen LogP contribution in [0, 0.1) is 74.2 Å². The van der Waals surface area contributed by atoms with Crippen molar-refractivity contribution in [3.8, 4) is 56.3 Å². The number of carbonyl (C=O) groups is 2. The minimum Gasteiger partial charge on any atom is -0.657 e. The predicted molar refractivity (Wildman–Crippen MR) is 410 cm³/mol. The molecule has 0 unspecified atom stereocenters. The number of anilines is 1. The van der Waals surface area contributed by atoms with Crippen LogP contribution in [0.5, 0.6) is 0 Å². The average molecular weight is 1340 g/mol. The van der Waals surface area contributed by atoms with Crippen LogP contribution in [0.15, 0.2) is 158 Å². The molecule has 8 heteroatoms. The summed E-state index contributed by atoms with van der Waals surface area (Å²) < 4.78 is 0. The van der Waals surface area contributed by atoms with Crippen LogP contribution in [0.2, 0.25) is 0 Å². The number of hydrogen-bond donors (Lipinski definition) is 0. The minimum absolute atomic E-state index is 0. The third-order valence-electron chi connectivity index (χ3n) is 20.5. The van der Waals surface area contributed by atoms with E-state index in [0.29, 0.717) is 22.2 Å². The van der Waals surface area contributed by atoms with E-state index in [1.165, 1.54) is 32.7 Å². The van der Waals surface area contributed by atoms with Gasteiger partial charge < -0.3 is 9.97 Å². The third kappa shape index (κ3) is 10.5. The van der Waals surface area contributed by atoms with Gasteiger partial charge in [-0.3, -0.25) is 9.59 Å². The molecule has 16 rings (SSSR count). The second-order valence-corrected chi connectivity index (χ2v) is 29.6. The van der Waals surface area contributed by atoms with Crippen molar-refractivity contribution in [3.05, 3.63) is 264 Å². The molecule has 0 aliphatic carbocycles. The maximum absolute atomic E-state index is 15.0.